The van der Waals surface area contributed by atoms with E-state index in [1.807, 2.05) is 24.3 Å². The second-order valence-electron chi connectivity index (χ2n) is 5.44. The highest BCUT2D eigenvalue weighted by Gasteiger charge is 2.19. The van der Waals surface area contributed by atoms with Crippen molar-refractivity contribution in [1.82, 2.24) is 5.32 Å². The number of hydrogen-bond donors (Lipinski definition) is 3. The first-order chi connectivity index (χ1) is 9.63. The third-order valence-electron chi connectivity index (χ3n) is 3.66. The molecule has 0 bridgehead atoms. The first kappa shape index (κ1) is 14.6. The molecule has 2 rings (SSSR count). The fourth-order valence-electron chi connectivity index (χ4n) is 2.59. The van der Waals surface area contributed by atoms with E-state index in [1.165, 1.54) is 6.08 Å². The molecular formula is C16H22N2O2. The average molecular weight is 274 g/mol. The Balaban J connectivity index is 1.77. The van der Waals surface area contributed by atoms with Gasteiger partial charge in [0.1, 0.15) is 0 Å². The number of amides is 1. The van der Waals surface area contributed by atoms with Crippen LogP contribution in [-0.4, -0.2) is 23.7 Å². The highest BCUT2D eigenvalue weighted by molar-refractivity contribution is 5.91. The molecule has 4 heteroatoms. The third kappa shape index (κ3) is 4.70. The number of benzene rings is 1. The van der Waals surface area contributed by atoms with Gasteiger partial charge in [-0.05, 0) is 49.0 Å². The Hall–Kier alpha value is -1.81. The van der Waals surface area contributed by atoms with Crippen molar-refractivity contribution in [2.24, 2.45) is 5.92 Å². The van der Waals surface area contributed by atoms with Crippen molar-refractivity contribution in [3.05, 3.63) is 35.9 Å². The number of carbonyl (C=O) groups excluding carboxylic acids is 1. The van der Waals surface area contributed by atoms with Crippen molar-refractivity contribution in [2.45, 2.75) is 31.8 Å². The van der Waals surface area contributed by atoms with Crippen molar-refractivity contribution < 1.29 is 9.90 Å². The molecule has 2 unspecified atom stereocenters. The molecule has 0 saturated heterocycles. The van der Waals surface area contributed by atoms with Crippen molar-refractivity contribution >= 4 is 17.7 Å². The molecule has 108 valence electrons. The van der Waals surface area contributed by atoms with Gasteiger partial charge in [0, 0.05) is 18.3 Å². The molecule has 4 nitrogen and oxygen atoms in total. The van der Waals surface area contributed by atoms with E-state index in [4.69, 9.17) is 5.73 Å². The number of nitrogens with one attached hydrogen (secondary N) is 1. The summed E-state index contributed by atoms with van der Waals surface area (Å²) < 4.78 is 0. The van der Waals surface area contributed by atoms with E-state index in [0.29, 0.717) is 18.2 Å². The number of carbonyl (C=O) groups is 1. The molecular weight excluding hydrogens is 252 g/mol. The fraction of sp³-hybridized carbons (Fsp3) is 0.438. The van der Waals surface area contributed by atoms with E-state index >= 15 is 0 Å². The molecule has 0 spiro atoms. The largest absolute Gasteiger partial charge is 0.399 e. The molecule has 1 fully saturated rings. The van der Waals surface area contributed by atoms with Gasteiger partial charge in [-0.25, -0.2) is 0 Å². The number of aliphatic hydroxyl groups is 1. The van der Waals surface area contributed by atoms with Crippen molar-refractivity contribution in [3.8, 4) is 0 Å². The minimum absolute atomic E-state index is 0.104. The topological polar surface area (TPSA) is 75.4 Å². The maximum absolute atomic E-state index is 11.7. The number of aliphatic hydroxyl groups excluding tert-OH is 1. The Kier molecular flexibility index (Phi) is 5.18. The van der Waals surface area contributed by atoms with Crippen LogP contribution in [0.15, 0.2) is 30.3 Å². The van der Waals surface area contributed by atoms with Crippen LogP contribution < -0.4 is 11.1 Å². The van der Waals surface area contributed by atoms with E-state index < -0.39 is 0 Å². The van der Waals surface area contributed by atoms with Gasteiger partial charge in [0.25, 0.3) is 0 Å². The molecule has 1 saturated carbocycles. The second kappa shape index (κ2) is 7.10. The number of anilines is 1. The van der Waals surface area contributed by atoms with E-state index in [-0.39, 0.29) is 12.0 Å². The molecule has 4 N–H and O–H groups in total. The molecule has 1 aromatic carbocycles. The summed E-state index contributed by atoms with van der Waals surface area (Å²) in [6.45, 7) is 0.636. The molecule has 0 radical (unpaired) electrons. The van der Waals surface area contributed by atoms with Gasteiger partial charge in [0.15, 0.2) is 0 Å². The standard InChI is InChI=1S/C16H22N2O2/c17-14-5-1-3-12(9-14)7-8-16(20)18-11-13-4-2-6-15(19)10-13/h1,3,5,7-9,13,15,19H,2,4,6,10-11,17H2,(H,18,20)/b8-7+. The fourth-order valence-corrected chi connectivity index (χ4v) is 2.59. The summed E-state index contributed by atoms with van der Waals surface area (Å²) >= 11 is 0. The Bertz CT molecular complexity index is 485. The van der Waals surface area contributed by atoms with Gasteiger partial charge < -0.3 is 16.2 Å². The van der Waals surface area contributed by atoms with Crippen molar-refractivity contribution in [1.29, 1.82) is 0 Å². The van der Waals surface area contributed by atoms with E-state index in [1.54, 1.807) is 6.08 Å². The lowest BCUT2D eigenvalue weighted by Crippen LogP contribution is -2.32. The first-order valence-corrected chi connectivity index (χ1v) is 7.13. The molecule has 1 aliphatic rings. The molecule has 1 aliphatic carbocycles. The molecule has 0 heterocycles. The maximum atomic E-state index is 11.7. The predicted molar refractivity (Wildman–Crippen MR) is 80.9 cm³/mol. The minimum Gasteiger partial charge on any atom is -0.399 e. The van der Waals surface area contributed by atoms with Gasteiger partial charge in [-0.3, -0.25) is 4.79 Å². The molecule has 1 aromatic rings. The highest BCUT2D eigenvalue weighted by Crippen LogP contribution is 2.23. The lowest BCUT2D eigenvalue weighted by atomic mass is 9.87. The first-order valence-electron chi connectivity index (χ1n) is 7.13. The van der Waals surface area contributed by atoms with Crippen LogP contribution in [0.2, 0.25) is 0 Å². The third-order valence-corrected chi connectivity index (χ3v) is 3.66. The van der Waals surface area contributed by atoms with Crippen LogP contribution in [0.5, 0.6) is 0 Å². The van der Waals surface area contributed by atoms with Gasteiger partial charge in [-0.1, -0.05) is 18.6 Å². The summed E-state index contributed by atoms with van der Waals surface area (Å²) in [7, 11) is 0. The second-order valence-corrected chi connectivity index (χ2v) is 5.44. The van der Waals surface area contributed by atoms with E-state index in [9.17, 15) is 9.90 Å². The number of nitrogens with two attached hydrogens (primary N) is 1. The molecule has 2 atom stereocenters. The van der Waals surface area contributed by atoms with Crippen LogP contribution in [0.3, 0.4) is 0 Å². The van der Waals surface area contributed by atoms with Gasteiger partial charge in [0.2, 0.25) is 5.91 Å². The summed E-state index contributed by atoms with van der Waals surface area (Å²) in [4.78, 5) is 11.7. The minimum atomic E-state index is -0.200. The zero-order chi connectivity index (χ0) is 14.4. The lowest BCUT2D eigenvalue weighted by molar-refractivity contribution is -0.116. The predicted octanol–water partition coefficient (Wildman–Crippen LogP) is 1.95. The molecule has 0 aromatic heterocycles. The smallest absolute Gasteiger partial charge is 0.244 e. The van der Waals surface area contributed by atoms with E-state index in [2.05, 4.69) is 5.32 Å². The number of hydrogen-bond acceptors (Lipinski definition) is 3. The SMILES string of the molecule is Nc1cccc(/C=C/C(=O)NCC2CCCC(O)C2)c1. The van der Waals surface area contributed by atoms with E-state index in [0.717, 1.165) is 31.2 Å². The van der Waals surface area contributed by atoms with Crippen molar-refractivity contribution in [3.63, 3.8) is 0 Å². The molecule has 1 amide bonds. The summed E-state index contributed by atoms with van der Waals surface area (Å²) in [5.41, 5.74) is 7.27. The summed E-state index contributed by atoms with van der Waals surface area (Å²) in [6, 6.07) is 7.39. The quantitative estimate of drug-likeness (QED) is 0.580. The summed E-state index contributed by atoms with van der Waals surface area (Å²) in [5.74, 6) is 0.288. The van der Waals surface area contributed by atoms with Crippen LogP contribution in [0.4, 0.5) is 5.69 Å². The summed E-state index contributed by atoms with van der Waals surface area (Å²) in [6.07, 6.45) is 6.87. The monoisotopic (exact) mass is 274 g/mol. The zero-order valence-electron chi connectivity index (χ0n) is 11.6. The number of nitrogen functional groups attached to an aromatic ring is 1. The Labute approximate surface area is 119 Å². The Morgan fingerprint density at radius 2 is 2.30 bits per heavy atom. The summed E-state index contributed by atoms with van der Waals surface area (Å²) in [5, 5.41) is 12.5. The van der Waals surface area contributed by atoms with Crippen LogP contribution in [-0.2, 0) is 4.79 Å². The lowest BCUT2D eigenvalue weighted by Gasteiger charge is -2.25. The molecule has 20 heavy (non-hydrogen) atoms. The Morgan fingerprint density at radius 1 is 1.45 bits per heavy atom. The van der Waals surface area contributed by atoms with Crippen molar-refractivity contribution in [2.75, 3.05) is 12.3 Å². The maximum Gasteiger partial charge on any atom is 0.244 e. The van der Waals surface area contributed by atoms with Crippen LogP contribution in [0.1, 0.15) is 31.2 Å². The van der Waals surface area contributed by atoms with Crippen LogP contribution >= 0.6 is 0 Å². The Morgan fingerprint density at radius 3 is 3.05 bits per heavy atom. The van der Waals surface area contributed by atoms with Gasteiger partial charge in [0.05, 0.1) is 6.10 Å². The average Bonchev–Trinajstić information content (AvgIpc) is 2.43. The zero-order valence-corrected chi connectivity index (χ0v) is 11.6. The normalized spacial score (nSPS) is 22.9. The van der Waals surface area contributed by atoms with Gasteiger partial charge in [-0.2, -0.15) is 0 Å². The molecule has 0 aliphatic heterocycles. The highest BCUT2D eigenvalue weighted by atomic mass is 16.3. The van der Waals surface area contributed by atoms with Gasteiger partial charge in [-0.15, -0.1) is 0 Å². The van der Waals surface area contributed by atoms with Crippen LogP contribution in [0, 0.1) is 5.92 Å². The van der Waals surface area contributed by atoms with Gasteiger partial charge >= 0.3 is 0 Å². The number of rotatable bonds is 4. The van der Waals surface area contributed by atoms with Crippen LogP contribution in [0.25, 0.3) is 6.08 Å².